The van der Waals surface area contributed by atoms with Crippen molar-refractivity contribution >= 4 is 121 Å². The Balaban J connectivity index is 0.000000135. The van der Waals surface area contributed by atoms with Gasteiger partial charge in [0.05, 0.1) is 163 Å². The minimum absolute atomic E-state index is 0.250. The second-order valence-electron chi connectivity index (χ2n) is 30.6. The highest BCUT2D eigenvalue weighted by Crippen LogP contribution is 2.36. The number of carbonyl (C=O) groups excluding carboxylic acids is 5. The number of anilines is 5. The van der Waals surface area contributed by atoms with Crippen LogP contribution in [0.1, 0.15) is 82.1 Å². The number of ether oxygens (including phenoxy) is 4. The molecule has 11 N–H and O–H groups in total. The summed E-state index contributed by atoms with van der Waals surface area (Å²) in [7, 11) is 6.69. The predicted octanol–water partition coefficient (Wildman–Crippen LogP) is 14.7. The molecule has 0 aliphatic carbocycles. The normalized spacial score (nSPS) is 10.8. The maximum atomic E-state index is 12.9. The summed E-state index contributed by atoms with van der Waals surface area (Å²) < 4.78 is 29.3. The van der Waals surface area contributed by atoms with E-state index < -0.39 is 0 Å². The van der Waals surface area contributed by atoms with E-state index in [-0.39, 0.29) is 36.0 Å². The average Bonchev–Trinajstić information content (AvgIpc) is 1.68. The molecule has 20 heterocycles. The monoisotopic (exact) mass is 2050 g/mol. The molecule has 0 atom stereocenters. The Morgan fingerprint density at radius 3 is 0.869 bits per heavy atom. The van der Waals surface area contributed by atoms with Crippen molar-refractivity contribution < 1.29 is 52.8 Å². The maximum Gasteiger partial charge on any atom is 0.290 e. The van der Waals surface area contributed by atoms with Crippen molar-refractivity contribution in [3.05, 3.63) is 268 Å². The second-order valence-corrected chi connectivity index (χ2v) is 34.9. The smallest absolute Gasteiger partial charge is 0.290 e. The Morgan fingerprint density at radius 2 is 0.628 bits per heavy atom. The molecule has 0 aliphatic heterocycles. The molecule has 0 aromatic carbocycles. The number of hydrogen-bond acceptors (Lipinski definition) is 35. The van der Waals surface area contributed by atoms with Crippen molar-refractivity contribution in [2.45, 2.75) is 60.8 Å². The quantitative estimate of drug-likeness (QED) is 0.0134. The predicted molar refractivity (Wildman–Crippen MR) is 546 cm³/mol. The molecule has 51 heteroatoms. The molecule has 0 unspecified atom stereocenters. The topological polar surface area (TPSA) is 581 Å². The molecule has 20 aromatic heterocycles. The molecule has 145 heavy (non-hydrogen) atoms. The molecular weight excluding hydrogens is 1960 g/mol. The van der Waals surface area contributed by atoms with E-state index in [1.807, 2.05) is 126 Å². The molecule has 5 amide bonds. The fourth-order valence-electron chi connectivity index (χ4n) is 13.5. The number of hydrogen-bond donors (Lipinski definition) is 11. The second kappa shape index (κ2) is 50.2. The number of pyridine rings is 5. The van der Waals surface area contributed by atoms with Gasteiger partial charge in [0.15, 0.2) is 0 Å². The van der Waals surface area contributed by atoms with Crippen LogP contribution in [-0.4, -0.2) is 245 Å². The van der Waals surface area contributed by atoms with Crippen molar-refractivity contribution in [2.24, 2.45) is 7.05 Å². The lowest BCUT2D eigenvalue weighted by Gasteiger charge is -2.03. The molecule has 46 nitrogen and oxygen atoms in total. The molecule has 0 spiro atoms. The first-order valence-electron chi connectivity index (χ1n) is 44.1. The summed E-state index contributed by atoms with van der Waals surface area (Å²) in [5.41, 5.74) is 19.0. The zero-order valence-electron chi connectivity index (χ0n) is 79.0. The summed E-state index contributed by atoms with van der Waals surface area (Å²) in [5, 5.41) is 90.5. The van der Waals surface area contributed by atoms with Gasteiger partial charge in [0.25, 0.3) is 36.0 Å². The highest BCUT2D eigenvalue weighted by atomic mass is 32.1. The molecule has 0 bridgehead atoms. The van der Waals surface area contributed by atoms with E-state index in [1.165, 1.54) is 56.7 Å². The molecule has 0 saturated carbocycles. The summed E-state index contributed by atoms with van der Waals surface area (Å²) in [5.74, 6) is -1.53. The number of amides is 5. The minimum Gasteiger partial charge on any atom is -0.483 e. The summed E-state index contributed by atoms with van der Waals surface area (Å²) in [6.07, 6.45) is 27.5. The van der Waals surface area contributed by atoms with Crippen LogP contribution in [0.2, 0.25) is 0 Å². The van der Waals surface area contributed by atoms with E-state index in [0.29, 0.717) is 173 Å². The zero-order chi connectivity index (χ0) is 102. The number of methoxy groups -OCH3 is 3. The SMILES string of the molecule is CCOCCn1cc(NC(=O)c2csc(-c3cn[nH]c3C)n2)c(-c2ccccn2)n1.COCCn1cc(NC(=O)c2csc(-c3cn[nH]c3)n2)c(-c2ccccn2)n1.COCCn1cc(NC(=O)c2csc(-c3cn[nH]c3C)n2)c(-c2ccccn2)n1.COCCn1cc(NC(=O)c2csc(-c3cn[nH]c3C)n2)c(-c2ccccn2)n1.Cc1[nH]ncc1-c1nc(C(=O)Nc2cn(C)nc2-c2ccccn2)cs1.O=CO. The molecule has 740 valence electrons. The van der Waals surface area contributed by atoms with Crippen molar-refractivity contribution in [3.63, 3.8) is 0 Å². The van der Waals surface area contributed by atoms with Gasteiger partial charge < -0.3 is 50.6 Å². The third-order valence-electron chi connectivity index (χ3n) is 20.6. The third kappa shape index (κ3) is 26.7. The largest absolute Gasteiger partial charge is 0.483 e. The highest BCUT2D eigenvalue weighted by Gasteiger charge is 2.27. The van der Waals surface area contributed by atoms with Gasteiger partial charge in [-0.2, -0.15) is 51.0 Å². The van der Waals surface area contributed by atoms with Gasteiger partial charge in [-0.05, 0) is 95.3 Å². The van der Waals surface area contributed by atoms with E-state index in [4.69, 9.17) is 28.8 Å². The molecule has 0 radical (unpaired) electrons. The first-order valence-corrected chi connectivity index (χ1v) is 48.5. The fourth-order valence-corrected chi connectivity index (χ4v) is 17.7. The first-order chi connectivity index (χ1) is 70.7. The van der Waals surface area contributed by atoms with E-state index in [9.17, 15) is 24.0 Å². The molecule has 20 aromatic rings. The van der Waals surface area contributed by atoms with Gasteiger partial charge in [0, 0.05) is 158 Å². The third-order valence-corrected chi connectivity index (χ3v) is 25.0. The van der Waals surface area contributed by atoms with E-state index in [1.54, 1.807) is 178 Å². The molecule has 0 fully saturated rings. The summed E-state index contributed by atoms with van der Waals surface area (Å²) >= 11 is 6.97. The molecule has 20 rings (SSSR count). The Hall–Kier alpha value is -17.3. The number of carboxylic acid groups (broad SMARTS) is 1. The van der Waals surface area contributed by atoms with Crippen LogP contribution in [0, 0.1) is 27.7 Å². The van der Waals surface area contributed by atoms with Crippen molar-refractivity contribution in [3.8, 4) is 110 Å². The Morgan fingerprint density at radius 1 is 0.366 bits per heavy atom. The van der Waals surface area contributed by atoms with Crippen LogP contribution in [0.5, 0.6) is 0 Å². The van der Waals surface area contributed by atoms with Gasteiger partial charge in [-0.1, -0.05) is 30.3 Å². The number of aromatic nitrogens is 30. The summed E-state index contributed by atoms with van der Waals surface area (Å²) in [6.45, 7) is 14.3. The van der Waals surface area contributed by atoms with Crippen molar-refractivity contribution in [1.29, 1.82) is 0 Å². The number of carbonyl (C=O) groups is 6. The van der Waals surface area contributed by atoms with E-state index in [0.717, 1.165) is 75.6 Å². The number of aryl methyl sites for hydroxylation is 5. The average molecular weight is 2050 g/mol. The minimum atomic E-state index is -0.311. The number of H-pyrrole nitrogens is 5. The first kappa shape index (κ1) is 102. The van der Waals surface area contributed by atoms with Crippen LogP contribution < -0.4 is 26.6 Å². The Bertz CT molecular complexity index is 7420. The Kier molecular flexibility index (Phi) is 35.3. The number of nitrogens with one attached hydrogen (secondary N) is 10. The fraction of sp³-hybridized carbons (Fsp3) is 0.191. The highest BCUT2D eigenvalue weighted by molar-refractivity contribution is 7.14. The lowest BCUT2D eigenvalue weighted by atomic mass is 10.2. The van der Waals surface area contributed by atoms with Gasteiger partial charge in [0.1, 0.15) is 82.0 Å². The standard InChI is InChI=1S/C20H21N7O2S.2C19H19N7O2S.C18H17N7O2S.C17H15N7OS.CH2O2/c1-3-29-9-8-27-11-16(18(26-27)15-6-4-5-7-21-15)23-19(28)17-12-30-20(24-17)14-10-22-25-13(14)2;2*1-12-13(9-21-24-12)19-23-16(11-29-19)18(27)22-15-10-26(7-8-28-2)25-17(15)14-5-3-4-6-20-14;1-27-7-6-25-10-14(16(24-25)13-4-2-3-5-19-13)22-17(26)15-11-28-18(23-15)12-8-20-21-9-12;1-10-11(7-19-22-10)17-21-14(9-26-17)16(25)20-13-8-24(2)23-15(13)12-5-3-4-6-18-12;2-1-3/h4-7,10-12H,3,8-9H2,1-2H3,(H,22,25)(H,23,28);2*3-6,9-11H,7-8H2,1-2H3,(H,21,24)(H,22,27);2-5,8-11H,6-7H2,1H3,(H,20,21)(H,22,26);3-9H,1-2H3,(H,19,22)(H,20,25);1H,(H,2,3). The number of rotatable bonds is 33. The maximum absolute atomic E-state index is 12.9. The summed E-state index contributed by atoms with van der Waals surface area (Å²) in [4.78, 5) is 116. The van der Waals surface area contributed by atoms with Crippen LogP contribution in [0.15, 0.2) is 217 Å². The summed E-state index contributed by atoms with van der Waals surface area (Å²) in [6, 6.07) is 27.8. The van der Waals surface area contributed by atoms with Gasteiger partial charge in [-0.15, -0.1) is 56.7 Å². The molecule has 0 aliphatic rings. The van der Waals surface area contributed by atoms with Crippen LogP contribution in [0.4, 0.5) is 28.4 Å². The van der Waals surface area contributed by atoms with Crippen LogP contribution in [0.25, 0.3) is 110 Å². The van der Waals surface area contributed by atoms with Crippen molar-refractivity contribution in [2.75, 3.05) is 80.9 Å². The molecule has 0 saturated heterocycles. The van der Waals surface area contributed by atoms with Crippen LogP contribution >= 0.6 is 56.7 Å². The van der Waals surface area contributed by atoms with Crippen LogP contribution in [-0.2, 0) is 57.0 Å². The van der Waals surface area contributed by atoms with Gasteiger partial charge >= 0.3 is 0 Å². The van der Waals surface area contributed by atoms with Gasteiger partial charge in [0.2, 0.25) is 0 Å². The van der Waals surface area contributed by atoms with E-state index in [2.05, 4.69) is 153 Å². The Labute approximate surface area is 845 Å². The van der Waals surface area contributed by atoms with Gasteiger partial charge in [-0.3, -0.25) is 103 Å². The number of aromatic amines is 5. The van der Waals surface area contributed by atoms with Gasteiger partial charge in [-0.25, -0.2) is 24.9 Å². The molecular formula is C94H93N35O11S5. The zero-order valence-corrected chi connectivity index (χ0v) is 83.1. The number of nitrogens with zero attached hydrogens (tertiary/aromatic N) is 25. The van der Waals surface area contributed by atoms with E-state index >= 15 is 0 Å². The lowest BCUT2D eigenvalue weighted by Crippen LogP contribution is -2.12. The lowest BCUT2D eigenvalue weighted by molar-refractivity contribution is -0.122. The van der Waals surface area contributed by atoms with Crippen molar-refractivity contribution in [1.82, 2.24) is 150 Å². The van der Waals surface area contributed by atoms with Crippen LogP contribution in [0.3, 0.4) is 0 Å². The number of thiazole rings is 5.